The number of rotatable bonds is 3. The molecule has 5 heteroatoms. The molecular weight excluding hydrogens is 238 g/mol. The van der Waals surface area contributed by atoms with E-state index in [0.717, 1.165) is 28.7 Å². The Balaban J connectivity index is 2.30. The van der Waals surface area contributed by atoms with E-state index >= 15 is 0 Å². The number of nitrogens with two attached hydrogens (primary N) is 1. The van der Waals surface area contributed by atoms with E-state index in [1.807, 2.05) is 29.9 Å². The number of pyridine rings is 1. The van der Waals surface area contributed by atoms with E-state index in [1.54, 1.807) is 12.5 Å². The highest BCUT2D eigenvalue weighted by atomic mass is 15.0. The third kappa shape index (κ3) is 1.98. The van der Waals surface area contributed by atoms with Gasteiger partial charge >= 0.3 is 0 Å². The standard InChI is InChI=1S/C14H15N5/c1-19-8-11(4-5-15)12-13(17-9-18-14(12)19)10-3-2-6-16-7-10/h2-3,6-9H,4-5,15H2,1H3. The van der Waals surface area contributed by atoms with Gasteiger partial charge in [0.1, 0.15) is 12.0 Å². The molecule has 0 fully saturated rings. The first-order valence-electron chi connectivity index (χ1n) is 6.20. The summed E-state index contributed by atoms with van der Waals surface area (Å²) in [5, 5.41) is 1.07. The Morgan fingerprint density at radius 2 is 2.21 bits per heavy atom. The molecule has 0 aliphatic rings. The van der Waals surface area contributed by atoms with Crippen molar-refractivity contribution in [3.8, 4) is 11.3 Å². The molecule has 0 aliphatic heterocycles. The lowest BCUT2D eigenvalue weighted by Crippen LogP contribution is -2.02. The summed E-state index contributed by atoms with van der Waals surface area (Å²) in [7, 11) is 1.99. The first-order valence-corrected chi connectivity index (χ1v) is 6.20. The molecule has 2 N–H and O–H groups in total. The number of aryl methyl sites for hydroxylation is 1. The number of hydrogen-bond acceptors (Lipinski definition) is 4. The molecule has 0 saturated heterocycles. The van der Waals surface area contributed by atoms with Crippen molar-refractivity contribution in [1.82, 2.24) is 19.5 Å². The zero-order valence-electron chi connectivity index (χ0n) is 10.7. The molecule has 0 radical (unpaired) electrons. The first kappa shape index (κ1) is 11.8. The predicted molar refractivity (Wildman–Crippen MR) is 74.5 cm³/mol. The van der Waals surface area contributed by atoms with Crippen LogP contribution in [0.25, 0.3) is 22.3 Å². The molecule has 0 spiro atoms. The average Bonchev–Trinajstić information content (AvgIpc) is 2.77. The maximum atomic E-state index is 5.69. The molecule has 96 valence electrons. The van der Waals surface area contributed by atoms with Crippen LogP contribution in [0, 0.1) is 0 Å². The molecule has 0 bridgehead atoms. The van der Waals surface area contributed by atoms with Gasteiger partial charge in [-0.05, 0) is 30.7 Å². The molecule has 0 amide bonds. The maximum Gasteiger partial charge on any atom is 0.143 e. The van der Waals surface area contributed by atoms with E-state index in [4.69, 9.17) is 5.73 Å². The second-order valence-electron chi connectivity index (χ2n) is 4.47. The molecule has 0 atom stereocenters. The third-order valence-corrected chi connectivity index (χ3v) is 3.18. The second-order valence-corrected chi connectivity index (χ2v) is 4.47. The minimum absolute atomic E-state index is 0.612. The Morgan fingerprint density at radius 1 is 1.32 bits per heavy atom. The summed E-state index contributed by atoms with van der Waals surface area (Å²) < 4.78 is 2.02. The van der Waals surface area contributed by atoms with Crippen LogP contribution in [-0.4, -0.2) is 26.1 Å². The molecule has 0 aromatic carbocycles. The van der Waals surface area contributed by atoms with Gasteiger partial charge in [0.25, 0.3) is 0 Å². The van der Waals surface area contributed by atoms with Gasteiger partial charge in [0.2, 0.25) is 0 Å². The van der Waals surface area contributed by atoms with Crippen molar-refractivity contribution in [3.63, 3.8) is 0 Å². The fourth-order valence-corrected chi connectivity index (χ4v) is 2.37. The minimum Gasteiger partial charge on any atom is -0.335 e. The van der Waals surface area contributed by atoms with Gasteiger partial charge in [0, 0.05) is 36.6 Å². The molecule has 0 aliphatic carbocycles. The first-order chi connectivity index (χ1) is 9.31. The third-order valence-electron chi connectivity index (χ3n) is 3.18. The fourth-order valence-electron chi connectivity index (χ4n) is 2.37. The summed E-state index contributed by atoms with van der Waals surface area (Å²) in [6.07, 6.45) is 8.07. The van der Waals surface area contributed by atoms with Crippen molar-refractivity contribution in [2.75, 3.05) is 6.54 Å². The Bertz CT molecular complexity index is 702. The van der Waals surface area contributed by atoms with Gasteiger partial charge in [-0.15, -0.1) is 0 Å². The van der Waals surface area contributed by atoms with Crippen molar-refractivity contribution in [1.29, 1.82) is 0 Å². The van der Waals surface area contributed by atoms with Crippen LogP contribution in [0.2, 0.25) is 0 Å². The zero-order chi connectivity index (χ0) is 13.2. The van der Waals surface area contributed by atoms with Gasteiger partial charge < -0.3 is 10.3 Å². The molecule has 0 unspecified atom stereocenters. The zero-order valence-corrected chi connectivity index (χ0v) is 10.7. The van der Waals surface area contributed by atoms with Crippen molar-refractivity contribution in [3.05, 3.63) is 42.6 Å². The van der Waals surface area contributed by atoms with Crippen LogP contribution in [0.15, 0.2) is 37.1 Å². The molecule has 19 heavy (non-hydrogen) atoms. The Morgan fingerprint density at radius 3 is 2.95 bits per heavy atom. The van der Waals surface area contributed by atoms with Gasteiger partial charge in [-0.25, -0.2) is 9.97 Å². The highest BCUT2D eigenvalue weighted by Crippen LogP contribution is 2.28. The molecule has 3 aromatic rings. The van der Waals surface area contributed by atoms with Crippen LogP contribution < -0.4 is 5.73 Å². The summed E-state index contributed by atoms with van der Waals surface area (Å²) in [5.41, 5.74) is 9.71. The number of fused-ring (bicyclic) bond motifs is 1. The van der Waals surface area contributed by atoms with Gasteiger partial charge in [-0.1, -0.05) is 0 Å². The van der Waals surface area contributed by atoms with Crippen LogP contribution in [0.4, 0.5) is 0 Å². The van der Waals surface area contributed by atoms with Gasteiger partial charge in [-0.2, -0.15) is 0 Å². The predicted octanol–water partition coefficient (Wildman–Crippen LogP) is 1.53. The average molecular weight is 253 g/mol. The Hall–Kier alpha value is -2.27. The molecule has 5 nitrogen and oxygen atoms in total. The highest BCUT2D eigenvalue weighted by Gasteiger charge is 2.14. The Kier molecular flexibility index (Phi) is 2.97. The van der Waals surface area contributed by atoms with Crippen molar-refractivity contribution in [2.45, 2.75) is 6.42 Å². The molecule has 3 heterocycles. The van der Waals surface area contributed by atoms with Crippen LogP contribution >= 0.6 is 0 Å². The van der Waals surface area contributed by atoms with Crippen molar-refractivity contribution >= 4 is 11.0 Å². The summed E-state index contributed by atoms with van der Waals surface area (Å²) >= 11 is 0. The van der Waals surface area contributed by atoms with Crippen molar-refractivity contribution < 1.29 is 0 Å². The maximum absolute atomic E-state index is 5.69. The summed E-state index contributed by atoms with van der Waals surface area (Å²) in [6, 6.07) is 3.92. The SMILES string of the molecule is Cn1cc(CCN)c2c(-c3cccnc3)ncnc21. The summed E-state index contributed by atoms with van der Waals surface area (Å²) in [5.74, 6) is 0. The van der Waals surface area contributed by atoms with Gasteiger partial charge in [0.15, 0.2) is 0 Å². The number of aromatic nitrogens is 4. The van der Waals surface area contributed by atoms with Gasteiger partial charge in [-0.3, -0.25) is 4.98 Å². The smallest absolute Gasteiger partial charge is 0.143 e. The molecule has 0 saturated carbocycles. The van der Waals surface area contributed by atoms with E-state index < -0.39 is 0 Å². The number of nitrogens with zero attached hydrogens (tertiary/aromatic N) is 4. The van der Waals surface area contributed by atoms with Crippen molar-refractivity contribution in [2.24, 2.45) is 12.8 Å². The van der Waals surface area contributed by atoms with Gasteiger partial charge in [0.05, 0.1) is 5.69 Å². The molecule has 3 aromatic heterocycles. The molecule has 3 rings (SSSR count). The molecular formula is C14H15N5. The normalized spacial score (nSPS) is 11.1. The Labute approximate surface area is 111 Å². The summed E-state index contributed by atoms with van der Waals surface area (Å²) in [6.45, 7) is 0.612. The number of hydrogen-bond donors (Lipinski definition) is 1. The monoisotopic (exact) mass is 253 g/mol. The quantitative estimate of drug-likeness (QED) is 0.768. The fraction of sp³-hybridized carbons (Fsp3) is 0.214. The van der Waals surface area contributed by atoms with Crippen LogP contribution in [0.5, 0.6) is 0 Å². The van der Waals surface area contributed by atoms with Crippen LogP contribution in [-0.2, 0) is 13.5 Å². The summed E-state index contributed by atoms with van der Waals surface area (Å²) in [4.78, 5) is 12.9. The second kappa shape index (κ2) is 4.78. The lowest BCUT2D eigenvalue weighted by Gasteiger charge is -2.04. The van der Waals surface area contributed by atoms with E-state index in [0.29, 0.717) is 6.54 Å². The van der Waals surface area contributed by atoms with Crippen LogP contribution in [0.3, 0.4) is 0 Å². The van der Waals surface area contributed by atoms with E-state index in [-0.39, 0.29) is 0 Å². The topological polar surface area (TPSA) is 69.6 Å². The van der Waals surface area contributed by atoms with Crippen LogP contribution in [0.1, 0.15) is 5.56 Å². The van der Waals surface area contributed by atoms with E-state index in [2.05, 4.69) is 21.1 Å². The lowest BCUT2D eigenvalue weighted by atomic mass is 10.1. The lowest BCUT2D eigenvalue weighted by molar-refractivity contribution is 0.918. The van der Waals surface area contributed by atoms with E-state index in [9.17, 15) is 0 Å². The minimum atomic E-state index is 0.612. The van der Waals surface area contributed by atoms with E-state index in [1.165, 1.54) is 5.56 Å². The largest absolute Gasteiger partial charge is 0.335 e. The highest BCUT2D eigenvalue weighted by molar-refractivity contribution is 5.93.